The molecule has 0 spiro atoms. The van der Waals surface area contributed by atoms with Crippen LogP contribution in [0.5, 0.6) is 0 Å². The highest BCUT2D eigenvalue weighted by Gasteiger charge is 1.99. The number of benzene rings is 1. The summed E-state index contributed by atoms with van der Waals surface area (Å²) in [4.78, 5) is 9.36. The summed E-state index contributed by atoms with van der Waals surface area (Å²) in [7, 11) is 0. The van der Waals surface area contributed by atoms with Gasteiger partial charge in [0.05, 0.1) is 11.4 Å². The summed E-state index contributed by atoms with van der Waals surface area (Å²) in [5, 5.41) is 0. The lowest BCUT2D eigenvalue weighted by Crippen LogP contribution is -1.95. The van der Waals surface area contributed by atoms with Crippen molar-refractivity contribution in [2.45, 2.75) is 67.2 Å². The highest BCUT2D eigenvalue weighted by Crippen LogP contribution is 2.20. The quantitative estimate of drug-likeness (QED) is 0.475. The van der Waals surface area contributed by atoms with Crippen molar-refractivity contribution in [1.29, 1.82) is 0 Å². The smallest absolute Gasteiger partial charge is 0.0630 e. The van der Waals surface area contributed by atoms with Crippen LogP contribution in [0.4, 0.5) is 11.4 Å². The van der Waals surface area contributed by atoms with Gasteiger partial charge in [0.1, 0.15) is 0 Å². The van der Waals surface area contributed by atoms with Crippen LogP contribution < -0.4 is 0 Å². The Morgan fingerprint density at radius 3 is 1.32 bits per heavy atom. The highest BCUT2D eigenvalue weighted by molar-refractivity contribution is 5.85. The molecule has 0 unspecified atom stereocenters. The second-order valence-corrected chi connectivity index (χ2v) is 7.08. The maximum Gasteiger partial charge on any atom is 0.0630 e. The molecular weight excluding hydrogens is 268 g/mol. The average molecular weight is 300 g/mol. The van der Waals surface area contributed by atoms with Gasteiger partial charge in [0.15, 0.2) is 0 Å². The number of hydrogen-bond donors (Lipinski definition) is 0. The topological polar surface area (TPSA) is 24.7 Å². The first-order chi connectivity index (χ1) is 10.4. The Kier molecular flexibility index (Phi) is 8.08. The molecule has 22 heavy (non-hydrogen) atoms. The third-order valence-electron chi connectivity index (χ3n) is 3.66. The zero-order valence-electron chi connectivity index (χ0n) is 15.2. The molecule has 122 valence electrons. The van der Waals surface area contributed by atoms with Crippen molar-refractivity contribution in [2.24, 2.45) is 21.8 Å². The monoisotopic (exact) mass is 300 g/mol. The zero-order chi connectivity index (χ0) is 16.5. The van der Waals surface area contributed by atoms with Crippen LogP contribution >= 0.6 is 0 Å². The number of nitrogens with zero attached hydrogens (tertiary/aromatic N) is 2. The third-order valence-corrected chi connectivity index (χ3v) is 3.66. The number of rotatable bonds is 8. The van der Waals surface area contributed by atoms with Crippen LogP contribution in [0.2, 0.25) is 0 Å². The summed E-state index contributed by atoms with van der Waals surface area (Å²) in [6, 6.07) is 8.25. The fraction of sp³-hybridized carbons (Fsp3) is 0.600. The van der Waals surface area contributed by atoms with Crippen LogP contribution in [0.15, 0.2) is 34.3 Å². The molecule has 2 heteroatoms. The predicted molar refractivity (Wildman–Crippen MR) is 100 cm³/mol. The second-order valence-electron chi connectivity index (χ2n) is 7.08. The standard InChI is InChI=1S/C20H32N2/c1-15(2)7-9-17(5)21-19-11-13-20(14-12-19)22-18(6)10-8-16(3)4/h11-16H,7-10H2,1-6H3. The molecule has 1 aromatic carbocycles. The summed E-state index contributed by atoms with van der Waals surface area (Å²) in [5.74, 6) is 1.46. The highest BCUT2D eigenvalue weighted by atomic mass is 14.8. The molecule has 0 aliphatic heterocycles. The van der Waals surface area contributed by atoms with Gasteiger partial charge in [0, 0.05) is 11.4 Å². The number of hydrogen-bond acceptors (Lipinski definition) is 2. The van der Waals surface area contributed by atoms with Gasteiger partial charge < -0.3 is 0 Å². The lowest BCUT2D eigenvalue weighted by atomic mass is 10.1. The van der Waals surface area contributed by atoms with Crippen molar-refractivity contribution in [2.75, 3.05) is 0 Å². The van der Waals surface area contributed by atoms with Gasteiger partial charge in [-0.1, -0.05) is 27.7 Å². The molecule has 0 atom stereocenters. The number of aliphatic imine (C=N–C) groups is 2. The molecule has 0 aliphatic rings. The van der Waals surface area contributed by atoms with Crippen molar-refractivity contribution in [1.82, 2.24) is 0 Å². The summed E-state index contributed by atoms with van der Waals surface area (Å²) >= 11 is 0. The van der Waals surface area contributed by atoms with E-state index in [2.05, 4.69) is 75.8 Å². The lowest BCUT2D eigenvalue weighted by Gasteiger charge is -2.05. The lowest BCUT2D eigenvalue weighted by molar-refractivity contribution is 0.603. The molecule has 0 fully saturated rings. The van der Waals surface area contributed by atoms with Crippen LogP contribution in [-0.2, 0) is 0 Å². The molecule has 1 rings (SSSR count). The summed E-state index contributed by atoms with van der Waals surface area (Å²) < 4.78 is 0. The molecule has 0 aromatic heterocycles. The van der Waals surface area contributed by atoms with Gasteiger partial charge in [-0.05, 0) is 75.6 Å². The summed E-state index contributed by atoms with van der Waals surface area (Å²) in [6.45, 7) is 13.2. The van der Waals surface area contributed by atoms with Crippen LogP contribution in [-0.4, -0.2) is 11.4 Å². The van der Waals surface area contributed by atoms with E-state index >= 15 is 0 Å². The van der Waals surface area contributed by atoms with E-state index in [0.29, 0.717) is 0 Å². The zero-order valence-corrected chi connectivity index (χ0v) is 15.2. The minimum atomic E-state index is 0.732. The molecule has 0 N–H and O–H groups in total. The minimum Gasteiger partial charge on any atom is -0.258 e. The van der Waals surface area contributed by atoms with E-state index < -0.39 is 0 Å². The molecule has 0 heterocycles. The first-order valence-electron chi connectivity index (χ1n) is 8.55. The van der Waals surface area contributed by atoms with Crippen molar-refractivity contribution < 1.29 is 0 Å². The van der Waals surface area contributed by atoms with Gasteiger partial charge in [-0.15, -0.1) is 0 Å². The Bertz CT molecular complexity index is 446. The van der Waals surface area contributed by atoms with Crippen molar-refractivity contribution in [3.8, 4) is 0 Å². The molecule has 0 amide bonds. The van der Waals surface area contributed by atoms with E-state index in [-0.39, 0.29) is 0 Å². The van der Waals surface area contributed by atoms with Crippen molar-refractivity contribution in [3.05, 3.63) is 24.3 Å². The van der Waals surface area contributed by atoms with Gasteiger partial charge in [0.25, 0.3) is 0 Å². The molecular formula is C20H32N2. The Morgan fingerprint density at radius 2 is 1.05 bits per heavy atom. The minimum absolute atomic E-state index is 0.732. The second kappa shape index (κ2) is 9.55. The van der Waals surface area contributed by atoms with Crippen LogP contribution in [0.25, 0.3) is 0 Å². The van der Waals surface area contributed by atoms with Gasteiger partial charge in [-0.2, -0.15) is 0 Å². The maximum atomic E-state index is 4.68. The molecule has 0 saturated heterocycles. The Hall–Kier alpha value is -1.44. The van der Waals surface area contributed by atoms with E-state index in [1.165, 1.54) is 24.3 Å². The van der Waals surface area contributed by atoms with E-state index in [9.17, 15) is 0 Å². The molecule has 0 aliphatic carbocycles. The Morgan fingerprint density at radius 1 is 0.727 bits per heavy atom. The largest absolute Gasteiger partial charge is 0.258 e. The predicted octanol–water partition coefficient (Wildman–Crippen LogP) is 6.74. The van der Waals surface area contributed by atoms with E-state index in [1.807, 2.05) is 0 Å². The average Bonchev–Trinajstić information content (AvgIpc) is 2.45. The SMILES string of the molecule is CC(CCC(C)C)=Nc1ccc(N=C(C)CCC(C)C)cc1. The fourth-order valence-electron chi connectivity index (χ4n) is 2.15. The van der Waals surface area contributed by atoms with Crippen molar-refractivity contribution in [3.63, 3.8) is 0 Å². The van der Waals surface area contributed by atoms with E-state index in [1.54, 1.807) is 0 Å². The normalized spacial score (nSPS) is 13.3. The van der Waals surface area contributed by atoms with E-state index in [0.717, 1.165) is 36.1 Å². The molecule has 0 radical (unpaired) electrons. The fourth-order valence-corrected chi connectivity index (χ4v) is 2.15. The van der Waals surface area contributed by atoms with Gasteiger partial charge in [0.2, 0.25) is 0 Å². The molecule has 0 bridgehead atoms. The van der Waals surface area contributed by atoms with Crippen molar-refractivity contribution >= 4 is 22.8 Å². The molecule has 2 nitrogen and oxygen atoms in total. The van der Waals surface area contributed by atoms with E-state index in [4.69, 9.17) is 0 Å². The van der Waals surface area contributed by atoms with Crippen LogP contribution in [0, 0.1) is 11.8 Å². The maximum absolute atomic E-state index is 4.68. The van der Waals surface area contributed by atoms with Crippen LogP contribution in [0.3, 0.4) is 0 Å². The first-order valence-corrected chi connectivity index (χ1v) is 8.55. The Balaban J connectivity index is 2.62. The van der Waals surface area contributed by atoms with Gasteiger partial charge in [-0.3, -0.25) is 9.98 Å². The third kappa shape index (κ3) is 8.11. The van der Waals surface area contributed by atoms with Gasteiger partial charge in [-0.25, -0.2) is 0 Å². The van der Waals surface area contributed by atoms with Crippen LogP contribution in [0.1, 0.15) is 67.2 Å². The first kappa shape index (κ1) is 18.6. The summed E-state index contributed by atoms with van der Waals surface area (Å²) in [6.07, 6.45) is 4.55. The van der Waals surface area contributed by atoms with Gasteiger partial charge >= 0.3 is 0 Å². The Labute approximate surface area is 136 Å². The summed E-state index contributed by atoms with van der Waals surface area (Å²) in [5.41, 5.74) is 4.47. The molecule has 0 saturated carbocycles. The molecule has 1 aromatic rings.